The number of anilines is 1. The minimum absolute atomic E-state index is 0.0193. The molecule has 2 aromatic heterocycles. The number of hydrogen-bond donors (Lipinski definition) is 1. The highest BCUT2D eigenvalue weighted by Gasteiger charge is 2.17. The lowest BCUT2D eigenvalue weighted by Crippen LogP contribution is -2.25. The lowest BCUT2D eigenvalue weighted by Gasteiger charge is -2.09. The first-order valence-corrected chi connectivity index (χ1v) is 7.06. The molecular formula is C13H16N8O. The van der Waals surface area contributed by atoms with Gasteiger partial charge in [0, 0.05) is 25.5 Å². The Bertz CT molecular complexity index is 647. The summed E-state index contributed by atoms with van der Waals surface area (Å²) in [5.74, 6) is 0.265. The molecule has 1 fully saturated rings. The molecule has 22 heavy (non-hydrogen) atoms. The monoisotopic (exact) mass is 300 g/mol. The lowest BCUT2D eigenvalue weighted by atomic mass is 10.3. The van der Waals surface area contributed by atoms with E-state index in [1.165, 1.54) is 4.80 Å². The number of rotatable bonds is 5. The third-order valence-corrected chi connectivity index (χ3v) is 3.23. The van der Waals surface area contributed by atoms with Crippen molar-refractivity contribution in [2.24, 2.45) is 5.10 Å². The van der Waals surface area contributed by atoms with Crippen molar-refractivity contribution in [3.05, 3.63) is 30.1 Å². The maximum atomic E-state index is 11.8. The number of carbonyl (C=O) groups is 1. The molecule has 0 aliphatic carbocycles. The van der Waals surface area contributed by atoms with Gasteiger partial charge in [0.25, 0.3) is 11.9 Å². The van der Waals surface area contributed by atoms with Gasteiger partial charge in [-0.15, -0.1) is 5.10 Å². The zero-order chi connectivity index (χ0) is 15.2. The molecule has 0 saturated carbocycles. The third-order valence-electron chi connectivity index (χ3n) is 3.23. The molecule has 0 spiro atoms. The quantitative estimate of drug-likeness (QED) is 0.607. The lowest BCUT2D eigenvalue weighted by molar-refractivity contribution is -0.122. The van der Waals surface area contributed by atoms with Crippen LogP contribution in [0.2, 0.25) is 0 Å². The molecule has 2 aromatic rings. The molecule has 9 heteroatoms. The molecule has 1 amide bonds. The number of tetrazole rings is 1. The number of carbonyl (C=O) groups excluding carboxylic acids is 1. The number of aromatic nitrogens is 5. The van der Waals surface area contributed by atoms with E-state index in [1.807, 2.05) is 0 Å². The predicted octanol–water partition coefficient (Wildman–Crippen LogP) is -0.181. The van der Waals surface area contributed by atoms with Gasteiger partial charge in [-0.05, 0) is 35.8 Å². The zero-order valence-electron chi connectivity index (χ0n) is 12.0. The molecule has 1 saturated heterocycles. The average Bonchev–Trinajstić information content (AvgIpc) is 3.19. The number of nitrogens with zero attached hydrogens (tertiary/aromatic N) is 7. The summed E-state index contributed by atoms with van der Waals surface area (Å²) < 4.78 is 0. The predicted molar refractivity (Wildman–Crippen MR) is 79.2 cm³/mol. The van der Waals surface area contributed by atoms with Gasteiger partial charge in [0.2, 0.25) is 0 Å². The van der Waals surface area contributed by atoms with Crippen LogP contribution in [-0.4, -0.2) is 50.4 Å². The first-order chi connectivity index (χ1) is 10.8. The molecule has 0 aromatic carbocycles. The summed E-state index contributed by atoms with van der Waals surface area (Å²) in [6, 6.07) is 3.58. The smallest absolute Gasteiger partial charge is 0.266 e. The van der Waals surface area contributed by atoms with E-state index in [0.717, 1.165) is 31.5 Å². The van der Waals surface area contributed by atoms with Gasteiger partial charge in [0.15, 0.2) is 0 Å². The Balaban J connectivity index is 1.50. The van der Waals surface area contributed by atoms with Crippen LogP contribution in [0.25, 0.3) is 0 Å². The normalized spacial score (nSPS) is 14.6. The summed E-state index contributed by atoms with van der Waals surface area (Å²) in [5.41, 5.74) is 3.28. The average molecular weight is 300 g/mol. The molecular weight excluding hydrogens is 284 g/mol. The molecule has 9 nitrogen and oxygen atoms in total. The van der Waals surface area contributed by atoms with Crippen LogP contribution in [-0.2, 0) is 11.3 Å². The molecule has 0 atom stereocenters. The van der Waals surface area contributed by atoms with Crippen molar-refractivity contribution < 1.29 is 4.79 Å². The first-order valence-electron chi connectivity index (χ1n) is 7.06. The largest absolute Gasteiger partial charge is 0.338 e. The molecule has 1 aliphatic heterocycles. The van der Waals surface area contributed by atoms with E-state index in [9.17, 15) is 4.79 Å². The van der Waals surface area contributed by atoms with E-state index in [-0.39, 0.29) is 12.5 Å². The highest BCUT2D eigenvalue weighted by molar-refractivity contribution is 5.81. The zero-order valence-corrected chi connectivity index (χ0v) is 12.0. The summed E-state index contributed by atoms with van der Waals surface area (Å²) in [4.78, 5) is 19.0. The number of hydrazone groups is 1. The summed E-state index contributed by atoms with van der Waals surface area (Å²) in [5, 5.41) is 15.9. The second-order valence-electron chi connectivity index (χ2n) is 4.89. The Morgan fingerprint density at radius 2 is 2.09 bits per heavy atom. The number of pyridine rings is 1. The van der Waals surface area contributed by atoms with Crippen molar-refractivity contribution in [1.29, 1.82) is 0 Å². The fraction of sp³-hybridized carbons (Fsp3) is 0.385. The van der Waals surface area contributed by atoms with Crippen molar-refractivity contribution in [3.8, 4) is 0 Å². The first kappa shape index (κ1) is 14.1. The Morgan fingerprint density at radius 3 is 2.86 bits per heavy atom. The number of hydrogen-bond acceptors (Lipinski definition) is 7. The molecule has 0 radical (unpaired) electrons. The second-order valence-corrected chi connectivity index (χ2v) is 4.89. The van der Waals surface area contributed by atoms with E-state index < -0.39 is 0 Å². The Hall–Kier alpha value is -2.84. The van der Waals surface area contributed by atoms with E-state index in [1.54, 1.807) is 30.7 Å². The Morgan fingerprint density at radius 1 is 1.32 bits per heavy atom. The molecule has 3 rings (SSSR count). The summed E-state index contributed by atoms with van der Waals surface area (Å²) in [7, 11) is 0. The molecule has 0 unspecified atom stereocenters. The molecule has 0 bridgehead atoms. The van der Waals surface area contributed by atoms with Crippen LogP contribution in [0, 0.1) is 0 Å². The van der Waals surface area contributed by atoms with Crippen LogP contribution in [0.4, 0.5) is 5.95 Å². The Kier molecular flexibility index (Phi) is 4.33. The van der Waals surface area contributed by atoms with Gasteiger partial charge in [0.05, 0.1) is 6.21 Å². The fourth-order valence-electron chi connectivity index (χ4n) is 2.14. The van der Waals surface area contributed by atoms with Crippen LogP contribution in [0.1, 0.15) is 18.4 Å². The maximum Gasteiger partial charge on any atom is 0.266 e. The highest BCUT2D eigenvalue weighted by atomic mass is 16.2. The molecule has 114 valence electrons. The van der Waals surface area contributed by atoms with Crippen LogP contribution in [0.3, 0.4) is 0 Å². The van der Waals surface area contributed by atoms with Gasteiger partial charge in [-0.2, -0.15) is 9.90 Å². The SMILES string of the molecule is O=C(Cn1nnc(N2CCCC2)n1)NN=Cc1ccncc1. The second kappa shape index (κ2) is 6.74. The van der Waals surface area contributed by atoms with E-state index >= 15 is 0 Å². The van der Waals surface area contributed by atoms with Crippen molar-refractivity contribution in [1.82, 2.24) is 30.6 Å². The third kappa shape index (κ3) is 3.62. The standard InChI is InChI=1S/C13H16N8O/c22-12(16-15-9-11-3-5-14-6-4-11)10-21-18-13(17-19-21)20-7-1-2-8-20/h3-6,9H,1-2,7-8,10H2,(H,16,22). The van der Waals surface area contributed by atoms with Gasteiger partial charge < -0.3 is 4.90 Å². The summed E-state index contributed by atoms with van der Waals surface area (Å²) >= 11 is 0. The minimum Gasteiger partial charge on any atom is -0.338 e. The van der Waals surface area contributed by atoms with Crippen molar-refractivity contribution >= 4 is 18.1 Å². The molecule has 1 N–H and O–H groups in total. The van der Waals surface area contributed by atoms with E-state index in [0.29, 0.717) is 5.95 Å². The number of nitrogens with one attached hydrogen (secondary N) is 1. The van der Waals surface area contributed by atoms with Gasteiger partial charge in [-0.1, -0.05) is 5.10 Å². The topological polar surface area (TPSA) is 101 Å². The van der Waals surface area contributed by atoms with E-state index in [4.69, 9.17) is 0 Å². The van der Waals surface area contributed by atoms with Crippen LogP contribution < -0.4 is 10.3 Å². The van der Waals surface area contributed by atoms with Gasteiger partial charge in [0.1, 0.15) is 6.54 Å². The van der Waals surface area contributed by atoms with Crippen LogP contribution in [0.5, 0.6) is 0 Å². The van der Waals surface area contributed by atoms with Gasteiger partial charge in [-0.3, -0.25) is 9.78 Å². The highest BCUT2D eigenvalue weighted by Crippen LogP contribution is 2.13. The van der Waals surface area contributed by atoms with E-state index in [2.05, 4.69) is 35.8 Å². The minimum atomic E-state index is -0.310. The fourth-order valence-corrected chi connectivity index (χ4v) is 2.14. The maximum absolute atomic E-state index is 11.8. The van der Waals surface area contributed by atoms with Crippen LogP contribution in [0.15, 0.2) is 29.6 Å². The molecule has 3 heterocycles. The van der Waals surface area contributed by atoms with Crippen molar-refractivity contribution in [3.63, 3.8) is 0 Å². The van der Waals surface area contributed by atoms with Crippen molar-refractivity contribution in [2.75, 3.05) is 18.0 Å². The van der Waals surface area contributed by atoms with Gasteiger partial charge >= 0.3 is 0 Å². The number of amides is 1. The summed E-state index contributed by atoms with van der Waals surface area (Å²) in [6.45, 7) is 1.86. The van der Waals surface area contributed by atoms with Crippen LogP contribution >= 0.6 is 0 Å². The van der Waals surface area contributed by atoms with Gasteiger partial charge in [-0.25, -0.2) is 5.43 Å². The Labute approximate surface area is 127 Å². The van der Waals surface area contributed by atoms with Crippen molar-refractivity contribution in [2.45, 2.75) is 19.4 Å². The molecule has 1 aliphatic rings. The summed E-state index contributed by atoms with van der Waals surface area (Å²) in [6.07, 6.45) is 7.13.